The molecule has 0 amide bonds. The summed E-state index contributed by atoms with van der Waals surface area (Å²) in [7, 11) is 1.38. The lowest BCUT2D eigenvalue weighted by Gasteiger charge is -1.95. The summed E-state index contributed by atoms with van der Waals surface area (Å²) in [6.45, 7) is 2.36. The summed E-state index contributed by atoms with van der Waals surface area (Å²) in [6, 6.07) is 0. The van der Waals surface area contributed by atoms with E-state index >= 15 is 0 Å². The molecule has 4 heteroatoms. The molecule has 0 aromatic carbocycles. The van der Waals surface area contributed by atoms with Gasteiger partial charge in [0, 0.05) is 12.5 Å². The molecule has 0 rings (SSSR count). The summed E-state index contributed by atoms with van der Waals surface area (Å²) in [5.74, 6) is -0.575. The minimum atomic E-state index is -0.369. The number of hydrogen-bond acceptors (Lipinski definition) is 4. The molecule has 0 fully saturated rings. The van der Waals surface area contributed by atoms with Crippen LogP contribution in [-0.2, 0) is 19.1 Å². The third-order valence-corrected chi connectivity index (χ3v) is 2.96. The zero-order valence-electron chi connectivity index (χ0n) is 14.3. The maximum Gasteiger partial charge on any atom is 0.331 e. The van der Waals surface area contributed by atoms with Gasteiger partial charge in [0.15, 0.2) is 0 Å². The third kappa shape index (κ3) is 16.1. The summed E-state index contributed by atoms with van der Waals surface area (Å²) in [6.07, 6.45) is 17.0. The minimum Gasteiger partial charge on any atom is -0.469 e. The number of hydrogen-bond donors (Lipinski definition) is 0. The molecule has 0 N–H and O–H groups in total. The highest BCUT2D eigenvalue weighted by Gasteiger charge is 1.96. The summed E-state index contributed by atoms with van der Waals surface area (Å²) >= 11 is 0. The van der Waals surface area contributed by atoms with E-state index in [1.165, 1.54) is 32.4 Å². The average Bonchev–Trinajstić information content (AvgIpc) is 2.56. The molecular formula is C19H28O4. The zero-order valence-corrected chi connectivity index (χ0v) is 14.3. The average molecular weight is 320 g/mol. The van der Waals surface area contributed by atoms with E-state index in [9.17, 15) is 9.59 Å². The van der Waals surface area contributed by atoms with Crippen LogP contribution in [0, 0.1) is 0 Å². The molecule has 0 saturated carbocycles. The van der Waals surface area contributed by atoms with Crippen LogP contribution in [-0.4, -0.2) is 25.7 Å². The molecule has 0 atom stereocenters. The van der Waals surface area contributed by atoms with Gasteiger partial charge in [0.25, 0.3) is 0 Å². The van der Waals surface area contributed by atoms with Crippen molar-refractivity contribution in [3.8, 4) is 0 Å². The third-order valence-electron chi connectivity index (χ3n) is 2.96. The lowest BCUT2D eigenvalue weighted by molar-refractivity contribution is -0.140. The fourth-order valence-electron chi connectivity index (χ4n) is 1.66. The van der Waals surface area contributed by atoms with E-state index in [2.05, 4.69) is 23.5 Å². The normalized spacial score (nSPS) is 10.5. The Hall–Kier alpha value is -2.06. The van der Waals surface area contributed by atoms with Crippen molar-refractivity contribution in [3.05, 3.63) is 42.2 Å². The molecule has 0 unspecified atom stereocenters. The SMILES string of the molecule is CCCCCC=CC=CC(=O)OCC=C=CCCCC(=O)OC. The van der Waals surface area contributed by atoms with Crippen LogP contribution < -0.4 is 0 Å². The second kappa shape index (κ2) is 16.3. The van der Waals surface area contributed by atoms with Crippen molar-refractivity contribution in [1.82, 2.24) is 0 Å². The second-order valence-corrected chi connectivity index (χ2v) is 4.96. The first kappa shape index (κ1) is 20.9. The number of rotatable bonds is 12. The predicted molar refractivity (Wildman–Crippen MR) is 91.9 cm³/mol. The Balaban J connectivity index is 3.68. The monoisotopic (exact) mass is 320 g/mol. The van der Waals surface area contributed by atoms with E-state index in [-0.39, 0.29) is 18.5 Å². The van der Waals surface area contributed by atoms with Gasteiger partial charge in [-0.2, -0.15) is 0 Å². The van der Waals surface area contributed by atoms with Crippen molar-refractivity contribution in [1.29, 1.82) is 0 Å². The highest BCUT2D eigenvalue weighted by Crippen LogP contribution is 1.99. The summed E-state index contributed by atoms with van der Waals surface area (Å²) in [5.41, 5.74) is 2.91. The van der Waals surface area contributed by atoms with Gasteiger partial charge >= 0.3 is 11.9 Å². The van der Waals surface area contributed by atoms with Crippen molar-refractivity contribution in [3.63, 3.8) is 0 Å². The lowest BCUT2D eigenvalue weighted by atomic mass is 10.2. The van der Waals surface area contributed by atoms with Crippen LogP contribution in [0.3, 0.4) is 0 Å². The van der Waals surface area contributed by atoms with Crippen LogP contribution in [0.5, 0.6) is 0 Å². The van der Waals surface area contributed by atoms with Gasteiger partial charge in [-0.25, -0.2) is 4.79 Å². The molecule has 0 heterocycles. The van der Waals surface area contributed by atoms with E-state index in [1.807, 2.05) is 12.2 Å². The molecule has 0 saturated heterocycles. The number of unbranched alkanes of at least 4 members (excludes halogenated alkanes) is 4. The molecule has 128 valence electrons. The van der Waals surface area contributed by atoms with Crippen molar-refractivity contribution >= 4 is 11.9 Å². The van der Waals surface area contributed by atoms with Gasteiger partial charge in [0.05, 0.1) is 7.11 Å². The highest BCUT2D eigenvalue weighted by molar-refractivity contribution is 5.82. The van der Waals surface area contributed by atoms with Gasteiger partial charge in [-0.3, -0.25) is 4.79 Å². The number of allylic oxidation sites excluding steroid dienone is 3. The maximum absolute atomic E-state index is 11.4. The van der Waals surface area contributed by atoms with Gasteiger partial charge in [0.1, 0.15) is 6.61 Å². The number of ether oxygens (including phenoxy) is 2. The van der Waals surface area contributed by atoms with Crippen LogP contribution in [0.15, 0.2) is 42.2 Å². The second-order valence-electron chi connectivity index (χ2n) is 4.96. The van der Waals surface area contributed by atoms with Gasteiger partial charge in [-0.05, 0) is 37.8 Å². The van der Waals surface area contributed by atoms with E-state index < -0.39 is 0 Å². The topological polar surface area (TPSA) is 52.6 Å². The number of esters is 2. The molecule has 0 aromatic heterocycles. The predicted octanol–water partition coefficient (Wildman–Crippen LogP) is 4.28. The molecule has 0 bridgehead atoms. The van der Waals surface area contributed by atoms with Crippen LogP contribution in [0.25, 0.3) is 0 Å². The standard InChI is InChI=1S/C19H28O4/c1-3-4-5-6-7-9-13-16-19(21)23-17-14-11-8-10-12-15-18(20)22-2/h7-9,13-14,16H,3-6,10,12,15,17H2,1-2H3. The molecule has 0 spiro atoms. The molecule has 4 nitrogen and oxygen atoms in total. The summed E-state index contributed by atoms with van der Waals surface area (Å²) < 4.78 is 9.51. The van der Waals surface area contributed by atoms with Gasteiger partial charge < -0.3 is 9.47 Å². The Morgan fingerprint density at radius 1 is 1.04 bits per heavy atom. The first-order chi connectivity index (χ1) is 11.2. The number of methoxy groups -OCH3 is 1. The zero-order chi connectivity index (χ0) is 17.2. The first-order valence-electron chi connectivity index (χ1n) is 8.16. The van der Waals surface area contributed by atoms with Crippen LogP contribution in [0.2, 0.25) is 0 Å². The van der Waals surface area contributed by atoms with Crippen molar-refractivity contribution in [2.24, 2.45) is 0 Å². The Labute approximate surface area is 139 Å². The smallest absolute Gasteiger partial charge is 0.331 e. The van der Waals surface area contributed by atoms with E-state index in [4.69, 9.17) is 4.74 Å². The molecule has 0 aromatic rings. The Morgan fingerprint density at radius 3 is 2.61 bits per heavy atom. The largest absolute Gasteiger partial charge is 0.469 e. The lowest BCUT2D eigenvalue weighted by Crippen LogP contribution is -1.99. The maximum atomic E-state index is 11.4. The van der Waals surface area contributed by atoms with Crippen molar-refractivity contribution in [2.45, 2.75) is 51.9 Å². The van der Waals surface area contributed by atoms with E-state index in [0.717, 1.165) is 19.3 Å². The summed E-state index contributed by atoms with van der Waals surface area (Å²) in [4.78, 5) is 22.2. The molecule has 23 heavy (non-hydrogen) atoms. The molecule has 0 aliphatic carbocycles. The Morgan fingerprint density at radius 2 is 1.87 bits per heavy atom. The fraction of sp³-hybridized carbons (Fsp3) is 0.526. The van der Waals surface area contributed by atoms with E-state index in [1.54, 1.807) is 12.2 Å². The molecule has 0 aliphatic heterocycles. The quantitative estimate of drug-likeness (QED) is 0.177. The molecule has 0 aliphatic rings. The number of carbonyl (C=O) groups is 2. The first-order valence-corrected chi connectivity index (χ1v) is 8.16. The van der Waals surface area contributed by atoms with Crippen LogP contribution in [0.4, 0.5) is 0 Å². The minimum absolute atomic E-state index is 0.191. The van der Waals surface area contributed by atoms with Crippen molar-refractivity contribution in [2.75, 3.05) is 13.7 Å². The van der Waals surface area contributed by atoms with Crippen LogP contribution in [0.1, 0.15) is 51.9 Å². The Kier molecular flexibility index (Phi) is 14.9. The summed E-state index contributed by atoms with van der Waals surface area (Å²) in [5, 5.41) is 0. The Bertz CT molecular complexity index is 440. The highest BCUT2D eigenvalue weighted by atomic mass is 16.5. The fourth-order valence-corrected chi connectivity index (χ4v) is 1.66. The number of carbonyl (C=O) groups excluding carboxylic acids is 2. The molecular weight excluding hydrogens is 292 g/mol. The van der Waals surface area contributed by atoms with Gasteiger partial charge in [-0.15, -0.1) is 5.73 Å². The molecule has 0 radical (unpaired) electrons. The van der Waals surface area contributed by atoms with Gasteiger partial charge in [-0.1, -0.05) is 38.0 Å². The van der Waals surface area contributed by atoms with Crippen LogP contribution >= 0.6 is 0 Å². The van der Waals surface area contributed by atoms with E-state index in [0.29, 0.717) is 6.42 Å². The van der Waals surface area contributed by atoms with Crippen molar-refractivity contribution < 1.29 is 19.1 Å². The van der Waals surface area contributed by atoms with Gasteiger partial charge in [0.2, 0.25) is 0 Å².